The minimum atomic E-state index is -0.529. The quantitative estimate of drug-likeness (QED) is 0.768. The van der Waals surface area contributed by atoms with Gasteiger partial charge in [-0.05, 0) is 36.8 Å². The molecule has 0 saturated carbocycles. The van der Waals surface area contributed by atoms with Crippen LogP contribution in [0.5, 0.6) is 0 Å². The topological polar surface area (TPSA) is 98.7 Å². The molecule has 2 heterocycles. The second kappa shape index (κ2) is 5.88. The molecule has 1 aromatic carbocycles. The number of aryl methyl sites for hydroxylation is 2. The van der Waals surface area contributed by atoms with Gasteiger partial charge in [0.1, 0.15) is 11.4 Å². The van der Waals surface area contributed by atoms with Crippen molar-refractivity contribution >= 4 is 17.5 Å². The molecule has 7 heteroatoms. The largest absolute Gasteiger partial charge is 0.364 e. The number of carbonyl (C=O) groups is 1. The number of carbonyl (C=O) groups excluding carboxylic acids is 1. The molecule has 3 aromatic rings. The van der Waals surface area contributed by atoms with E-state index in [1.165, 1.54) is 4.68 Å². The van der Waals surface area contributed by atoms with Gasteiger partial charge in [0.25, 0.3) is 5.91 Å². The van der Waals surface area contributed by atoms with E-state index in [-0.39, 0.29) is 0 Å². The van der Waals surface area contributed by atoms with Gasteiger partial charge in [-0.3, -0.25) is 9.48 Å². The SMILES string of the molecule is Cc1cccc(Nc2nccc(-c3cc(C(N)=O)n(C)n3)n2)c1. The number of nitrogens with two attached hydrogens (primary N) is 1. The molecule has 3 N–H and O–H groups in total. The summed E-state index contributed by atoms with van der Waals surface area (Å²) in [4.78, 5) is 20.0. The summed E-state index contributed by atoms with van der Waals surface area (Å²) in [5.74, 6) is -0.0715. The van der Waals surface area contributed by atoms with Crippen molar-refractivity contribution in [3.63, 3.8) is 0 Å². The summed E-state index contributed by atoms with van der Waals surface area (Å²) in [6.45, 7) is 2.02. The molecule has 23 heavy (non-hydrogen) atoms. The number of hydrogen-bond donors (Lipinski definition) is 2. The van der Waals surface area contributed by atoms with Crippen LogP contribution in [0.25, 0.3) is 11.4 Å². The molecule has 116 valence electrons. The maximum absolute atomic E-state index is 11.3. The van der Waals surface area contributed by atoms with E-state index in [9.17, 15) is 4.79 Å². The van der Waals surface area contributed by atoms with Crippen LogP contribution in [0.1, 0.15) is 16.1 Å². The number of hydrogen-bond acceptors (Lipinski definition) is 5. The van der Waals surface area contributed by atoms with E-state index in [4.69, 9.17) is 5.73 Å². The summed E-state index contributed by atoms with van der Waals surface area (Å²) >= 11 is 0. The molecular formula is C16H16N6O. The number of rotatable bonds is 4. The number of anilines is 2. The lowest BCUT2D eigenvalue weighted by Gasteiger charge is -2.06. The van der Waals surface area contributed by atoms with Crippen LogP contribution in [0.15, 0.2) is 42.6 Å². The summed E-state index contributed by atoms with van der Waals surface area (Å²) in [7, 11) is 1.66. The highest BCUT2D eigenvalue weighted by Gasteiger charge is 2.13. The first-order valence-corrected chi connectivity index (χ1v) is 7.04. The minimum absolute atomic E-state index is 0.326. The molecule has 0 bridgehead atoms. The second-order valence-electron chi connectivity index (χ2n) is 5.16. The van der Waals surface area contributed by atoms with Gasteiger partial charge < -0.3 is 11.1 Å². The third kappa shape index (κ3) is 3.18. The van der Waals surface area contributed by atoms with E-state index in [1.807, 2.05) is 31.2 Å². The number of benzene rings is 1. The van der Waals surface area contributed by atoms with Gasteiger partial charge in [0.05, 0.1) is 5.69 Å². The maximum atomic E-state index is 11.3. The summed E-state index contributed by atoms with van der Waals surface area (Å²) in [6.07, 6.45) is 1.64. The van der Waals surface area contributed by atoms with Gasteiger partial charge in [0.15, 0.2) is 0 Å². The van der Waals surface area contributed by atoms with Crippen LogP contribution in [0.4, 0.5) is 11.6 Å². The van der Waals surface area contributed by atoms with Gasteiger partial charge in [-0.15, -0.1) is 0 Å². The average molecular weight is 308 g/mol. The van der Waals surface area contributed by atoms with Crippen molar-refractivity contribution < 1.29 is 4.79 Å². The molecule has 0 fully saturated rings. The van der Waals surface area contributed by atoms with Crippen molar-refractivity contribution in [2.24, 2.45) is 12.8 Å². The van der Waals surface area contributed by atoms with E-state index in [0.717, 1.165) is 11.3 Å². The Hall–Kier alpha value is -3.22. The third-order valence-electron chi connectivity index (χ3n) is 3.32. The highest BCUT2D eigenvalue weighted by Crippen LogP contribution is 2.19. The Morgan fingerprint density at radius 3 is 2.74 bits per heavy atom. The Bertz CT molecular complexity index is 871. The normalized spacial score (nSPS) is 10.5. The molecule has 0 spiro atoms. The fourth-order valence-electron chi connectivity index (χ4n) is 2.24. The van der Waals surface area contributed by atoms with Gasteiger partial charge in [-0.25, -0.2) is 9.97 Å². The predicted octanol–water partition coefficient (Wildman–Crippen LogP) is 2.03. The van der Waals surface area contributed by atoms with Crippen molar-refractivity contribution in [1.82, 2.24) is 19.7 Å². The minimum Gasteiger partial charge on any atom is -0.364 e. The fraction of sp³-hybridized carbons (Fsp3) is 0.125. The summed E-state index contributed by atoms with van der Waals surface area (Å²) in [5, 5.41) is 7.41. The van der Waals surface area contributed by atoms with E-state index in [2.05, 4.69) is 20.4 Å². The monoisotopic (exact) mass is 308 g/mol. The zero-order valence-corrected chi connectivity index (χ0v) is 12.8. The molecule has 0 unspecified atom stereocenters. The first-order valence-electron chi connectivity index (χ1n) is 7.04. The number of amides is 1. The zero-order valence-electron chi connectivity index (χ0n) is 12.8. The lowest BCUT2D eigenvalue weighted by Crippen LogP contribution is -2.15. The Morgan fingerprint density at radius 1 is 1.22 bits per heavy atom. The van der Waals surface area contributed by atoms with Crippen molar-refractivity contribution in [2.45, 2.75) is 6.92 Å². The summed E-state index contributed by atoms with van der Waals surface area (Å²) in [5.41, 5.74) is 8.85. The van der Waals surface area contributed by atoms with Crippen molar-refractivity contribution in [2.75, 3.05) is 5.32 Å². The van der Waals surface area contributed by atoms with Gasteiger partial charge in [0, 0.05) is 18.9 Å². The highest BCUT2D eigenvalue weighted by atomic mass is 16.1. The van der Waals surface area contributed by atoms with Crippen LogP contribution in [-0.4, -0.2) is 25.7 Å². The first-order chi connectivity index (χ1) is 11.0. The third-order valence-corrected chi connectivity index (χ3v) is 3.32. The predicted molar refractivity (Wildman–Crippen MR) is 87.2 cm³/mol. The average Bonchev–Trinajstić information content (AvgIpc) is 2.90. The second-order valence-corrected chi connectivity index (χ2v) is 5.16. The zero-order chi connectivity index (χ0) is 16.4. The summed E-state index contributed by atoms with van der Waals surface area (Å²) < 4.78 is 1.44. The number of aromatic nitrogens is 4. The molecule has 7 nitrogen and oxygen atoms in total. The fourth-order valence-corrected chi connectivity index (χ4v) is 2.24. The molecule has 1 amide bonds. The Labute approximate surface area is 133 Å². The highest BCUT2D eigenvalue weighted by molar-refractivity contribution is 5.92. The number of nitrogens with one attached hydrogen (secondary N) is 1. The Balaban J connectivity index is 1.91. The van der Waals surface area contributed by atoms with Crippen LogP contribution in [0.3, 0.4) is 0 Å². The maximum Gasteiger partial charge on any atom is 0.266 e. The van der Waals surface area contributed by atoms with Crippen molar-refractivity contribution in [3.05, 3.63) is 53.9 Å². The molecular weight excluding hydrogens is 292 g/mol. The molecule has 2 aromatic heterocycles. The number of nitrogens with zero attached hydrogens (tertiary/aromatic N) is 4. The van der Waals surface area contributed by atoms with Crippen LogP contribution >= 0.6 is 0 Å². The molecule has 3 rings (SSSR count). The molecule has 0 aliphatic heterocycles. The Morgan fingerprint density at radius 2 is 2.04 bits per heavy atom. The lowest BCUT2D eigenvalue weighted by molar-refractivity contribution is 0.0991. The van der Waals surface area contributed by atoms with E-state index >= 15 is 0 Å². The van der Waals surface area contributed by atoms with Gasteiger partial charge in [-0.1, -0.05) is 12.1 Å². The van der Waals surface area contributed by atoms with Crippen LogP contribution in [0, 0.1) is 6.92 Å². The molecule has 0 saturated heterocycles. The number of primary amides is 1. The van der Waals surface area contributed by atoms with E-state index in [0.29, 0.717) is 23.0 Å². The first kappa shape index (κ1) is 14.7. The smallest absolute Gasteiger partial charge is 0.266 e. The standard InChI is InChI=1S/C16H16N6O/c1-10-4-3-5-11(8-10)19-16-18-7-6-12(20-16)13-9-14(15(17)23)22(2)21-13/h3-9H,1-2H3,(H2,17,23)(H,18,19,20). The molecule has 0 atom stereocenters. The van der Waals surface area contributed by atoms with E-state index in [1.54, 1.807) is 25.4 Å². The molecule has 0 aliphatic rings. The van der Waals surface area contributed by atoms with Gasteiger partial charge >= 0.3 is 0 Å². The lowest BCUT2D eigenvalue weighted by atomic mass is 10.2. The van der Waals surface area contributed by atoms with Crippen LogP contribution in [0.2, 0.25) is 0 Å². The summed E-state index contributed by atoms with van der Waals surface area (Å²) in [6, 6.07) is 11.3. The molecule has 0 aliphatic carbocycles. The molecule has 0 radical (unpaired) electrons. The van der Waals surface area contributed by atoms with E-state index < -0.39 is 5.91 Å². The van der Waals surface area contributed by atoms with Gasteiger partial charge in [0.2, 0.25) is 5.95 Å². The van der Waals surface area contributed by atoms with Crippen molar-refractivity contribution in [1.29, 1.82) is 0 Å². The van der Waals surface area contributed by atoms with Crippen LogP contribution in [-0.2, 0) is 7.05 Å². The van der Waals surface area contributed by atoms with Crippen LogP contribution < -0.4 is 11.1 Å². The van der Waals surface area contributed by atoms with Crippen molar-refractivity contribution in [3.8, 4) is 11.4 Å². The Kier molecular flexibility index (Phi) is 3.76. The van der Waals surface area contributed by atoms with Gasteiger partial charge in [-0.2, -0.15) is 5.10 Å².